The first kappa shape index (κ1) is 20.3. The number of hydrogen-bond acceptors (Lipinski definition) is 5. The molecule has 162 valence electrons. The lowest BCUT2D eigenvalue weighted by Gasteiger charge is -2.15. The lowest BCUT2D eigenvalue weighted by atomic mass is 10.2. The second kappa shape index (κ2) is 7.83. The lowest BCUT2D eigenvalue weighted by Crippen LogP contribution is -2.31. The number of rotatable bonds is 6. The molecule has 0 spiro atoms. The van der Waals surface area contributed by atoms with Crippen LogP contribution in [0.15, 0.2) is 59.6 Å². The van der Waals surface area contributed by atoms with Gasteiger partial charge in [-0.25, -0.2) is 4.90 Å². The highest BCUT2D eigenvalue weighted by Crippen LogP contribution is 2.40. The topological polar surface area (TPSA) is 120 Å². The summed E-state index contributed by atoms with van der Waals surface area (Å²) < 4.78 is 0. The van der Waals surface area contributed by atoms with Crippen LogP contribution in [-0.4, -0.2) is 39.0 Å². The number of imide groups is 1. The molecule has 32 heavy (non-hydrogen) atoms. The van der Waals surface area contributed by atoms with E-state index in [4.69, 9.17) is 5.11 Å². The van der Waals surface area contributed by atoms with E-state index in [2.05, 4.69) is 10.3 Å². The Morgan fingerprint density at radius 1 is 1.09 bits per heavy atom. The van der Waals surface area contributed by atoms with Crippen molar-refractivity contribution in [3.05, 3.63) is 54.7 Å². The Hall–Kier alpha value is -3.59. The first-order valence-electron chi connectivity index (χ1n) is 10.1. The van der Waals surface area contributed by atoms with Crippen molar-refractivity contribution >= 4 is 57.7 Å². The molecule has 1 aromatic heterocycles. The van der Waals surface area contributed by atoms with Gasteiger partial charge in [0.1, 0.15) is 0 Å². The Morgan fingerprint density at radius 2 is 1.94 bits per heavy atom. The van der Waals surface area contributed by atoms with Crippen molar-refractivity contribution in [2.45, 2.75) is 23.0 Å². The molecule has 2 heterocycles. The fourth-order valence-corrected chi connectivity index (χ4v) is 5.06. The standard InChI is InChI=1S/C23H19N3O5S/c27-20-11-19(22(29)26(20)14-5-4-12-6-7-24-18(12)9-14)32-15-3-1-2-13(8-15)25-21(28)16-10-17(16)23(30)31/h1-9,16-17,19,24H,10-11H2,(H,25,28)(H,30,31). The molecule has 9 heteroatoms. The highest BCUT2D eigenvalue weighted by atomic mass is 32.2. The SMILES string of the molecule is O=C(O)C1CC1C(=O)Nc1cccc(SC2CC(=O)N(c3ccc4cc[nH]c4c3)C2=O)c1. The Bertz CT molecular complexity index is 1270. The van der Waals surface area contributed by atoms with Crippen LogP contribution < -0.4 is 10.2 Å². The number of nitrogens with one attached hydrogen (secondary N) is 2. The maximum atomic E-state index is 13.0. The number of carbonyl (C=O) groups excluding carboxylic acids is 3. The number of aliphatic carboxylic acids is 1. The molecule has 1 saturated heterocycles. The van der Waals surface area contributed by atoms with E-state index < -0.39 is 23.1 Å². The van der Waals surface area contributed by atoms with Crippen LogP contribution in [0.3, 0.4) is 0 Å². The third-order valence-electron chi connectivity index (χ3n) is 5.73. The van der Waals surface area contributed by atoms with Crippen molar-refractivity contribution in [3.63, 3.8) is 0 Å². The number of amides is 3. The van der Waals surface area contributed by atoms with E-state index >= 15 is 0 Å². The number of aromatic nitrogens is 1. The number of carboxylic acids is 1. The number of anilines is 2. The van der Waals surface area contributed by atoms with Crippen LogP contribution in [0.1, 0.15) is 12.8 Å². The average molecular weight is 449 g/mol. The number of thioether (sulfide) groups is 1. The lowest BCUT2D eigenvalue weighted by molar-refractivity contribution is -0.139. The van der Waals surface area contributed by atoms with Crippen LogP contribution in [0, 0.1) is 11.8 Å². The summed E-state index contributed by atoms with van der Waals surface area (Å²) in [6.07, 6.45) is 2.24. The largest absolute Gasteiger partial charge is 0.481 e. The van der Waals surface area contributed by atoms with Gasteiger partial charge in [-0.05, 0) is 48.2 Å². The zero-order valence-corrected chi connectivity index (χ0v) is 17.6. The Balaban J connectivity index is 1.28. The van der Waals surface area contributed by atoms with Gasteiger partial charge in [-0.2, -0.15) is 0 Å². The Labute approximate surface area is 187 Å². The molecule has 3 amide bonds. The molecule has 0 bridgehead atoms. The second-order valence-corrected chi connectivity index (χ2v) is 9.21. The van der Waals surface area contributed by atoms with Crippen molar-refractivity contribution < 1.29 is 24.3 Å². The van der Waals surface area contributed by atoms with Crippen LogP contribution in [0.2, 0.25) is 0 Å². The molecule has 3 unspecified atom stereocenters. The number of carbonyl (C=O) groups is 4. The highest BCUT2D eigenvalue weighted by Gasteiger charge is 2.48. The average Bonchev–Trinajstić information content (AvgIpc) is 3.36. The minimum Gasteiger partial charge on any atom is -0.481 e. The van der Waals surface area contributed by atoms with Crippen LogP contribution in [0.4, 0.5) is 11.4 Å². The van der Waals surface area contributed by atoms with Gasteiger partial charge in [-0.1, -0.05) is 12.1 Å². The van der Waals surface area contributed by atoms with Gasteiger partial charge < -0.3 is 15.4 Å². The quantitative estimate of drug-likeness (QED) is 0.497. The molecule has 5 rings (SSSR count). The van der Waals surface area contributed by atoms with E-state index in [0.717, 1.165) is 15.8 Å². The molecular weight excluding hydrogens is 430 g/mol. The molecule has 3 atom stereocenters. The van der Waals surface area contributed by atoms with E-state index in [1.54, 1.807) is 36.5 Å². The molecule has 8 nitrogen and oxygen atoms in total. The van der Waals surface area contributed by atoms with Crippen LogP contribution in [-0.2, 0) is 19.2 Å². The summed E-state index contributed by atoms with van der Waals surface area (Å²) in [6.45, 7) is 0. The number of fused-ring (bicyclic) bond motifs is 1. The second-order valence-electron chi connectivity index (χ2n) is 7.93. The molecule has 2 fully saturated rings. The minimum absolute atomic E-state index is 0.0885. The van der Waals surface area contributed by atoms with E-state index in [9.17, 15) is 19.2 Å². The fourth-order valence-electron chi connectivity index (χ4n) is 3.95. The highest BCUT2D eigenvalue weighted by molar-refractivity contribution is 8.00. The number of H-pyrrole nitrogens is 1. The Kier molecular flexibility index (Phi) is 4.97. The summed E-state index contributed by atoms with van der Waals surface area (Å²) in [5.74, 6) is -2.94. The van der Waals surface area contributed by atoms with Crippen molar-refractivity contribution in [2.24, 2.45) is 11.8 Å². The monoisotopic (exact) mass is 449 g/mol. The molecule has 2 aromatic carbocycles. The van der Waals surface area contributed by atoms with Crippen molar-refractivity contribution in [3.8, 4) is 0 Å². The van der Waals surface area contributed by atoms with E-state index in [1.165, 1.54) is 16.7 Å². The van der Waals surface area contributed by atoms with E-state index in [-0.39, 0.29) is 24.1 Å². The van der Waals surface area contributed by atoms with Gasteiger partial charge in [0.25, 0.3) is 0 Å². The summed E-state index contributed by atoms with van der Waals surface area (Å²) in [6, 6.07) is 14.3. The summed E-state index contributed by atoms with van der Waals surface area (Å²) >= 11 is 1.27. The smallest absolute Gasteiger partial charge is 0.307 e. The summed E-state index contributed by atoms with van der Waals surface area (Å²) in [7, 11) is 0. The van der Waals surface area contributed by atoms with Gasteiger partial charge in [0.05, 0.1) is 22.8 Å². The summed E-state index contributed by atoms with van der Waals surface area (Å²) in [4.78, 5) is 53.9. The molecule has 1 aliphatic heterocycles. The van der Waals surface area contributed by atoms with Gasteiger partial charge >= 0.3 is 5.97 Å². The molecular formula is C23H19N3O5S. The first-order valence-corrected chi connectivity index (χ1v) is 11.0. The third-order valence-corrected chi connectivity index (χ3v) is 6.91. The first-order chi connectivity index (χ1) is 15.4. The third kappa shape index (κ3) is 3.75. The maximum Gasteiger partial charge on any atom is 0.307 e. The maximum absolute atomic E-state index is 13.0. The van der Waals surface area contributed by atoms with E-state index in [1.807, 2.05) is 18.2 Å². The predicted octanol–water partition coefficient (Wildman–Crippen LogP) is 3.25. The zero-order chi connectivity index (χ0) is 22.4. The molecule has 2 aliphatic rings. The van der Waals surface area contributed by atoms with Crippen LogP contribution in [0.5, 0.6) is 0 Å². The van der Waals surface area contributed by atoms with Crippen LogP contribution in [0.25, 0.3) is 10.9 Å². The molecule has 3 aromatic rings. The number of carboxylic acid groups (broad SMARTS) is 1. The summed E-state index contributed by atoms with van der Waals surface area (Å²) in [5.41, 5.74) is 1.92. The number of aromatic amines is 1. The van der Waals surface area contributed by atoms with E-state index in [0.29, 0.717) is 17.8 Å². The van der Waals surface area contributed by atoms with Gasteiger partial charge in [0.2, 0.25) is 17.7 Å². The number of benzene rings is 2. The normalized spacial score (nSPS) is 22.4. The van der Waals surface area contributed by atoms with Crippen molar-refractivity contribution in [2.75, 3.05) is 10.2 Å². The summed E-state index contributed by atoms with van der Waals surface area (Å²) in [5, 5.41) is 12.2. The predicted molar refractivity (Wildman–Crippen MR) is 119 cm³/mol. The Morgan fingerprint density at radius 3 is 2.72 bits per heavy atom. The minimum atomic E-state index is -0.959. The molecule has 0 radical (unpaired) electrons. The van der Waals surface area contributed by atoms with Crippen LogP contribution >= 0.6 is 11.8 Å². The number of hydrogen-bond donors (Lipinski definition) is 3. The van der Waals surface area contributed by atoms with Gasteiger partial charge in [0, 0.05) is 28.7 Å². The molecule has 1 aliphatic carbocycles. The van der Waals surface area contributed by atoms with Gasteiger partial charge in [-0.15, -0.1) is 11.8 Å². The fraction of sp³-hybridized carbons (Fsp3) is 0.217. The zero-order valence-electron chi connectivity index (χ0n) is 16.8. The van der Waals surface area contributed by atoms with Gasteiger partial charge in [-0.3, -0.25) is 19.2 Å². The molecule has 3 N–H and O–H groups in total. The van der Waals surface area contributed by atoms with Gasteiger partial charge in [0.15, 0.2) is 0 Å². The number of nitrogens with zero attached hydrogens (tertiary/aromatic N) is 1. The van der Waals surface area contributed by atoms with Crippen molar-refractivity contribution in [1.82, 2.24) is 4.98 Å². The van der Waals surface area contributed by atoms with Crippen molar-refractivity contribution in [1.29, 1.82) is 0 Å². The molecule has 1 saturated carbocycles.